The first-order valence-electron chi connectivity index (χ1n) is 7.63. The van der Waals surface area contributed by atoms with E-state index < -0.39 is 0 Å². The van der Waals surface area contributed by atoms with Crippen LogP contribution in [0.4, 0.5) is 0 Å². The van der Waals surface area contributed by atoms with E-state index in [2.05, 4.69) is 15.1 Å². The monoisotopic (exact) mass is 269 g/mol. The molecule has 1 aliphatic carbocycles. The van der Waals surface area contributed by atoms with Crippen molar-refractivity contribution >= 4 is 5.91 Å². The molecular formula is C14H27N3O2. The molecule has 0 bridgehead atoms. The number of rotatable bonds is 8. The average molecular weight is 269 g/mol. The maximum atomic E-state index is 11.7. The van der Waals surface area contributed by atoms with Crippen molar-refractivity contribution in [2.24, 2.45) is 0 Å². The lowest BCUT2D eigenvalue weighted by Crippen LogP contribution is -2.49. The molecule has 0 unspecified atom stereocenters. The highest BCUT2D eigenvalue weighted by molar-refractivity contribution is 5.78. The molecule has 0 atom stereocenters. The summed E-state index contributed by atoms with van der Waals surface area (Å²) >= 11 is 0. The minimum absolute atomic E-state index is 0.193. The summed E-state index contributed by atoms with van der Waals surface area (Å²) in [5.41, 5.74) is 0. The third-order valence-electron chi connectivity index (χ3n) is 3.91. The van der Waals surface area contributed by atoms with E-state index in [1.807, 2.05) is 0 Å². The lowest BCUT2D eigenvalue weighted by molar-refractivity contribution is -0.122. The average Bonchev–Trinajstić information content (AvgIpc) is 3.20. The Kier molecular flexibility index (Phi) is 6.07. The largest absolute Gasteiger partial charge is 0.396 e. The molecule has 5 heteroatoms. The Hall–Kier alpha value is -0.650. The quantitative estimate of drug-likeness (QED) is 0.611. The number of carbonyl (C=O) groups is 1. The summed E-state index contributed by atoms with van der Waals surface area (Å²) in [4.78, 5) is 16.4. The summed E-state index contributed by atoms with van der Waals surface area (Å²) in [7, 11) is 0. The van der Waals surface area contributed by atoms with Crippen molar-refractivity contribution in [3.05, 3.63) is 0 Å². The van der Waals surface area contributed by atoms with Gasteiger partial charge < -0.3 is 15.3 Å². The number of hydrogen-bond donors (Lipinski definition) is 2. The second-order valence-electron chi connectivity index (χ2n) is 5.74. The van der Waals surface area contributed by atoms with Gasteiger partial charge in [-0.15, -0.1) is 0 Å². The van der Waals surface area contributed by atoms with Crippen LogP contribution in [0.15, 0.2) is 0 Å². The Morgan fingerprint density at radius 2 is 1.74 bits per heavy atom. The highest BCUT2D eigenvalue weighted by Crippen LogP contribution is 2.18. The summed E-state index contributed by atoms with van der Waals surface area (Å²) in [6.07, 6.45) is 5.52. The zero-order chi connectivity index (χ0) is 13.5. The van der Waals surface area contributed by atoms with Crippen molar-refractivity contribution in [2.45, 2.75) is 38.1 Å². The van der Waals surface area contributed by atoms with Crippen LogP contribution in [-0.4, -0.2) is 72.7 Å². The standard InChI is InChI=1S/C14H27N3O2/c18-11-3-1-2-6-16-7-9-17(10-8-16)12-14(19)15-13-4-5-13/h13,18H,1-12H2,(H,15,19). The first-order valence-corrected chi connectivity index (χ1v) is 7.63. The van der Waals surface area contributed by atoms with Crippen LogP contribution in [0.2, 0.25) is 0 Å². The maximum Gasteiger partial charge on any atom is 0.234 e. The van der Waals surface area contributed by atoms with Crippen LogP contribution >= 0.6 is 0 Å². The van der Waals surface area contributed by atoms with Gasteiger partial charge in [0.1, 0.15) is 0 Å². The predicted molar refractivity (Wildman–Crippen MR) is 75.0 cm³/mol. The molecule has 2 N–H and O–H groups in total. The van der Waals surface area contributed by atoms with Crippen LogP contribution in [0.25, 0.3) is 0 Å². The van der Waals surface area contributed by atoms with Crippen LogP contribution in [0.3, 0.4) is 0 Å². The Bertz CT molecular complexity index is 274. The van der Waals surface area contributed by atoms with Gasteiger partial charge in [-0.25, -0.2) is 0 Å². The van der Waals surface area contributed by atoms with Gasteiger partial charge >= 0.3 is 0 Å². The molecule has 5 nitrogen and oxygen atoms in total. The topological polar surface area (TPSA) is 55.8 Å². The normalized spacial score (nSPS) is 21.5. The van der Waals surface area contributed by atoms with Gasteiger partial charge in [-0.1, -0.05) is 0 Å². The minimum atomic E-state index is 0.193. The van der Waals surface area contributed by atoms with Gasteiger partial charge in [-0.2, -0.15) is 0 Å². The summed E-state index contributed by atoms with van der Waals surface area (Å²) in [5.74, 6) is 0.193. The van der Waals surface area contributed by atoms with Gasteiger partial charge in [-0.05, 0) is 38.6 Å². The first-order chi connectivity index (χ1) is 9.28. The first kappa shape index (κ1) is 14.8. The van der Waals surface area contributed by atoms with Crippen molar-refractivity contribution in [1.82, 2.24) is 15.1 Å². The van der Waals surface area contributed by atoms with Gasteiger partial charge in [0.25, 0.3) is 0 Å². The zero-order valence-electron chi connectivity index (χ0n) is 11.8. The summed E-state index contributed by atoms with van der Waals surface area (Å²) in [6.45, 7) is 6.13. The molecule has 1 heterocycles. The fourth-order valence-electron chi connectivity index (χ4n) is 2.50. The third-order valence-corrected chi connectivity index (χ3v) is 3.91. The van der Waals surface area contributed by atoms with E-state index in [9.17, 15) is 4.79 Å². The number of nitrogens with zero attached hydrogens (tertiary/aromatic N) is 2. The molecule has 0 radical (unpaired) electrons. The zero-order valence-corrected chi connectivity index (χ0v) is 11.8. The molecule has 19 heavy (non-hydrogen) atoms. The summed E-state index contributed by atoms with van der Waals surface area (Å²) < 4.78 is 0. The van der Waals surface area contributed by atoms with Gasteiger partial charge in [0, 0.05) is 38.8 Å². The predicted octanol–water partition coefficient (Wildman–Crippen LogP) is 0.0452. The van der Waals surface area contributed by atoms with E-state index in [-0.39, 0.29) is 5.91 Å². The van der Waals surface area contributed by atoms with E-state index in [4.69, 9.17) is 5.11 Å². The van der Waals surface area contributed by atoms with Gasteiger partial charge in [0.15, 0.2) is 0 Å². The fourth-order valence-corrected chi connectivity index (χ4v) is 2.50. The Balaban J connectivity index is 1.52. The SMILES string of the molecule is O=C(CN1CCN(CCCCCO)CC1)NC1CC1. The van der Waals surface area contributed by atoms with Gasteiger partial charge in [0.2, 0.25) is 5.91 Å². The van der Waals surface area contributed by atoms with E-state index >= 15 is 0 Å². The maximum absolute atomic E-state index is 11.7. The van der Waals surface area contributed by atoms with Crippen molar-refractivity contribution in [2.75, 3.05) is 45.9 Å². The van der Waals surface area contributed by atoms with E-state index in [0.717, 1.165) is 58.4 Å². The molecule has 0 aromatic rings. The molecule has 0 aromatic carbocycles. The smallest absolute Gasteiger partial charge is 0.234 e. The Morgan fingerprint density at radius 1 is 1.05 bits per heavy atom. The van der Waals surface area contributed by atoms with Gasteiger partial charge in [0.05, 0.1) is 6.54 Å². The molecule has 1 aliphatic heterocycles. The van der Waals surface area contributed by atoms with Crippen LogP contribution in [0.1, 0.15) is 32.1 Å². The number of aliphatic hydroxyl groups is 1. The second-order valence-corrected chi connectivity index (χ2v) is 5.74. The van der Waals surface area contributed by atoms with Crippen LogP contribution < -0.4 is 5.32 Å². The van der Waals surface area contributed by atoms with Crippen molar-refractivity contribution in [3.63, 3.8) is 0 Å². The Labute approximate surface area is 115 Å². The van der Waals surface area contributed by atoms with Crippen molar-refractivity contribution in [1.29, 1.82) is 0 Å². The number of amides is 1. The number of carbonyl (C=O) groups excluding carboxylic acids is 1. The van der Waals surface area contributed by atoms with Crippen LogP contribution in [0.5, 0.6) is 0 Å². The van der Waals surface area contributed by atoms with E-state index in [0.29, 0.717) is 19.2 Å². The molecule has 1 amide bonds. The van der Waals surface area contributed by atoms with Crippen LogP contribution in [-0.2, 0) is 4.79 Å². The van der Waals surface area contributed by atoms with E-state index in [1.165, 1.54) is 6.42 Å². The summed E-state index contributed by atoms with van der Waals surface area (Å²) in [5, 5.41) is 11.8. The molecule has 2 aliphatic rings. The molecule has 0 aromatic heterocycles. The van der Waals surface area contributed by atoms with Crippen molar-refractivity contribution < 1.29 is 9.90 Å². The molecule has 2 fully saturated rings. The van der Waals surface area contributed by atoms with E-state index in [1.54, 1.807) is 0 Å². The van der Waals surface area contributed by atoms with Crippen LogP contribution in [0, 0.1) is 0 Å². The number of unbranched alkanes of at least 4 members (excludes halogenated alkanes) is 2. The van der Waals surface area contributed by atoms with Crippen molar-refractivity contribution in [3.8, 4) is 0 Å². The lowest BCUT2D eigenvalue weighted by atomic mass is 10.2. The molecule has 0 spiro atoms. The highest BCUT2D eigenvalue weighted by atomic mass is 16.2. The molecule has 2 rings (SSSR count). The highest BCUT2D eigenvalue weighted by Gasteiger charge is 2.25. The third kappa shape index (κ3) is 5.89. The van der Waals surface area contributed by atoms with Gasteiger partial charge in [-0.3, -0.25) is 9.69 Å². The molecule has 1 saturated carbocycles. The number of aliphatic hydroxyl groups excluding tert-OH is 1. The number of hydrogen-bond acceptors (Lipinski definition) is 4. The second kappa shape index (κ2) is 7.82. The Morgan fingerprint density at radius 3 is 2.37 bits per heavy atom. The molecule has 1 saturated heterocycles. The number of piperazine rings is 1. The molecule has 110 valence electrons. The summed E-state index contributed by atoms with van der Waals surface area (Å²) in [6, 6.07) is 0.473. The molecular weight excluding hydrogens is 242 g/mol. The number of nitrogens with one attached hydrogen (secondary N) is 1. The lowest BCUT2D eigenvalue weighted by Gasteiger charge is -2.34. The minimum Gasteiger partial charge on any atom is -0.396 e. The fraction of sp³-hybridized carbons (Fsp3) is 0.929.